The number of hydrogen-bond acceptors (Lipinski definition) is 4. The van der Waals surface area contributed by atoms with Crippen molar-refractivity contribution in [2.75, 3.05) is 35.7 Å². The lowest BCUT2D eigenvalue weighted by molar-refractivity contribution is -0.121. The molecule has 0 saturated heterocycles. The fourth-order valence-electron chi connectivity index (χ4n) is 3.31. The Balaban J connectivity index is 1.64. The zero-order valence-corrected chi connectivity index (χ0v) is 16.3. The van der Waals surface area contributed by atoms with Gasteiger partial charge in [-0.3, -0.25) is 19.3 Å². The van der Waals surface area contributed by atoms with Crippen molar-refractivity contribution in [1.82, 2.24) is 4.90 Å². The van der Waals surface area contributed by atoms with Crippen LogP contribution in [0.5, 0.6) is 0 Å². The monoisotopic (exact) mass is 398 g/mol. The Kier molecular flexibility index (Phi) is 6.23. The summed E-state index contributed by atoms with van der Waals surface area (Å²) in [5.74, 6) is -1.05. The molecule has 8 heteroatoms. The van der Waals surface area contributed by atoms with Crippen LogP contribution in [0.25, 0.3) is 0 Å². The van der Waals surface area contributed by atoms with Crippen LogP contribution in [0, 0.1) is 5.82 Å². The average Bonchev–Trinajstić information content (AvgIpc) is 2.77. The summed E-state index contributed by atoms with van der Waals surface area (Å²) >= 11 is 0. The number of amides is 3. The van der Waals surface area contributed by atoms with E-state index >= 15 is 0 Å². The molecule has 0 aromatic heterocycles. The Labute approximate surface area is 168 Å². The molecule has 152 valence electrons. The van der Waals surface area contributed by atoms with Crippen LogP contribution in [0.4, 0.5) is 21.5 Å². The Morgan fingerprint density at radius 2 is 1.86 bits per heavy atom. The van der Waals surface area contributed by atoms with Gasteiger partial charge in [0.25, 0.3) is 0 Å². The van der Waals surface area contributed by atoms with Crippen molar-refractivity contribution in [2.24, 2.45) is 0 Å². The second-order valence-electron chi connectivity index (χ2n) is 7.11. The zero-order chi connectivity index (χ0) is 21.0. The van der Waals surface area contributed by atoms with E-state index < -0.39 is 0 Å². The third-order valence-electron chi connectivity index (χ3n) is 4.57. The highest BCUT2D eigenvalue weighted by molar-refractivity contribution is 6.05. The van der Waals surface area contributed by atoms with Gasteiger partial charge in [-0.15, -0.1) is 0 Å². The summed E-state index contributed by atoms with van der Waals surface area (Å²) in [4.78, 5) is 40.4. The third-order valence-corrected chi connectivity index (χ3v) is 4.57. The van der Waals surface area contributed by atoms with Gasteiger partial charge in [0, 0.05) is 18.2 Å². The largest absolute Gasteiger partial charge is 0.325 e. The van der Waals surface area contributed by atoms with Gasteiger partial charge < -0.3 is 15.5 Å². The van der Waals surface area contributed by atoms with Crippen LogP contribution in [0.15, 0.2) is 48.5 Å². The molecule has 3 amide bonds. The van der Waals surface area contributed by atoms with E-state index in [2.05, 4.69) is 10.6 Å². The molecule has 0 unspecified atom stereocenters. The van der Waals surface area contributed by atoms with Crippen molar-refractivity contribution in [2.45, 2.75) is 19.4 Å². The highest BCUT2D eigenvalue weighted by atomic mass is 19.1. The maximum atomic E-state index is 13.0. The molecule has 0 saturated carbocycles. The standard InChI is InChI=1S/C21H23FN4O3/c1-14-11-19(27)24-17-5-3-4-6-18(17)26(14)21(29)13-25(2)12-20(28)23-16-9-7-15(22)8-10-16/h3-10,14H,11-13H2,1-2H3,(H,23,28)(H,24,27)/t14-/m0/s1. The fourth-order valence-corrected chi connectivity index (χ4v) is 3.31. The molecule has 0 fully saturated rings. The van der Waals surface area contributed by atoms with Crippen molar-refractivity contribution in [1.29, 1.82) is 0 Å². The first kappa shape index (κ1) is 20.5. The molecule has 2 aromatic rings. The van der Waals surface area contributed by atoms with E-state index in [1.165, 1.54) is 24.3 Å². The van der Waals surface area contributed by atoms with E-state index in [4.69, 9.17) is 0 Å². The predicted molar refractivity (Wildman–Crippen MR) is 109 cm³/mol. The summed E-state index contributed by atoms with van der Waals surface area (Å²) in [6, 6.07) is 12.3. The number of carbonyl (C=O) groups is 3. The Bertz CT molecular complexity index is 916. The molecule has 0 bridgehead atoms. The number of nitrogens with zero attached hydrogens (tertiary/aromatic N) is 2. The van der Waals surface area contributed by atoms with Crippen LogP contribution < -0.4 is 15.5 Å². The summed E-state index contributed by atoms with van der Waals surface area (Å²) in [7, 11) is 1.67. The molecule has 1 aliphatic rings. The minimum absolute atomic E-state index is 0.00367. The zero-order valence-electron chi connectivity index (χ0n) is 16.3. The van der Waals surface area contributed by atoms with Crippen LogP contribution in [0.2, 0.25) is 0 Å². The van der Waals surface area contributed by atoms with Gasteiger partial charge in [-0.2, -0.15) is 0 Å². The van der Waals surface area contributed by atoms with E-state index in [0.717, 1.165) is 0 Å². The SMILES string of the molecule is C[C@H]1CC(=O)Nc2ccccc2N1C(=O)CN(C)CC(=O)Nc1ccc(F)cc1. The lowest BCUT2D eigenvalue weighted by Crippen LogP contribution is -2.45. The first-order valence-electron chi connectivity index (χ1n) is 9.28. The van der Waals surface area contributed by atoms with Crippen LogP contribution in [0.1, 0.15) is 13.3 Å². The second-order valence-corrected chi connectivity index (χ2v) is 7.11. The first-order valence-corrected chi connectivity index (χ1v) is 9.28. The van der Waals surface area contributed by atoms with E-state index in [1.54, 1.807) is 35.0 Å². The number of para-hydroxylation sites is 2. The topological polar surface area (TPSA) is 81.8 Å². The summed E-state index contributed by atoms with van der Waals surface area (Å²) in [6.07, 6.45) is 0.190. The molecule has 29 heavy (non-hydrogen) atoms. The lowest BCUT2D eigenvalue weighted by Gasteiger charge is -2.29. The van der Waals surface area contributed by atoms with E-state index in [0.29, 0.717) is 17.1 Å². The van der Waals surface area contributed by atoms with Gasteiger partial charge >= 0.3 is 0 Å². The summed E-state index contributed by atoms with van der Waals surface area (Å²) in [5.41, 5.74) is 1.71. The second kappa shape index (κ2) is 8.83. The van der Waals surface area contributed by atoms with Gasteiger partial charge in [-0.05, 0) is 50.4 Å². The smallest absolute Gasteiger partial charge is 0.241 e. The molecule has 7 nitrogen and oxygen atoms in total. The Morgan fingerprint density at radius 3 is 2.59 bits per heavy atom. The molecular weight excluding hydrogens is 375 g/mol. The minimum Gasteiger partial charge on any atom is -0.325 e. The molecule has 1 heterocycles. The van der Waals surface area contributed by atoms with Gasteiger partial charge in [0.2, 0.25) is 17.7 Å². The van der Waals surface area contributed by atoms with Crippen LogP contribution in [0.3, 0.4) is 0 Å². The number of carbonyl (C=O) groups excluding carboxylic acids is 3. The predicted octanol–water partition coefficient (Wildman–Crippen LogP) is 2.46. The third kappa shape index (κ3) is 5.17. The molecule has 0 radical (unpaired) electrons. The summed E-state index contributed by atoms with van der Waals surface area (Å²) < 4.78 is 13.0. The number of anilines is 3. The van der Waals surface area contributed by atoms with Crippen LogP contribution in [-0.2, 0) is 14.4 Å². The molecule has 2 aromatic carbocycles. The van der Waals surface area contributed by atoms with Gasteiger partial charge in [-0.1, -0.05) is 12.1 Å². The quantitative estimate of drug-likeness (QED) is 0.811. The van der Waals surface area contributed by atoms with Crippen molar-refractivity contribution >= 4 is 34.8 Å². The molecule has 0 aliphatic carbocycles. The molecule has 1 aliphatic heterocycles. The van der Waals surface area contributed by atoms with E-state index in [-0.39, 0.29) is 49.1 Å². The minimum atomic E-state index is -0.384. The number of nitrogens with one attached hydrogen (secondary N) is 2. The highest BCUT2D eigenvalue weighted by Crippen LogP contribution is 2.31. The maximum absolute atomic E-state index is 13.0. The van der Waals surface area contributed by atoms with Gasteiger partial charge in [0.05, 0.1) is 24.5 Å². The fraction of sp³-hybridized carbons (Fsp3) is 0.286. The molecular formula is C21H23FN4O3. The number of fused-ring (bicyclic) bond motifs is 1. The normalized spacial score (nSPS) is 16.1. The van der Waals surface area contributed by atoms with Crippen molar-refractivity contribution in [3.63, 3.8) is 0 Å². The highest BCUT2D eigenvalue weighted by Gasteiger charge is 2.30. The van der Waals surface area contributed by atoms with Crippen molar-refractivity contribution in [3.8, 4) is 0 Å². The maximum Gasteiger partial charge on any atom is 0.241 e. The molecule has 1 atom stereocenters. The molecule has 3 rings (SSSR count). The van der Waals surface area contributed by atoms with Crippen LogP contribution >= 0.6 is 0 Å². The van der Waals surface area contributed by atoms with Gasteiger partial charge in [-0.25, -0.2) is 4.39 Å². The Morgan fingerprint density at radius 1 is 1.17 bits per heavy atom. The van der Waals surface area contributed by atoms with E-state index in [9.17, 15) is 18.8 Å². The number of likely N-dealkylation sites (N-methyl/N-ethyl adjacent to an activating group) is 1. The van der Waals surface area contributed by atoms with Crippen molar-refractivity contribution in [3.05, 3.63) is 54.3 Å². The molecule has 2 N–H and O–H groups in total. The van der Waals surface area contributed by atoms with Crippen molar-refractivity contribution < 1.29 is 18.8 Å². The van der Waals surface area contributed by atoms with Crippen LogP contribution in [-0.4, -0.2) is 48.8 Å². The van der Waals surface area contributed by atoms with E-state index in [1.807, 2.05) is 13.0 Å². The number of benzene rings is 2. The number of halogens is 1. The average molecular weight is 398 g/mol. The van der Waals surface area contributed by atoms with Gasteiger partial charge in [0.15, 0.2) is 0 Å². The summed E-state index contributed by atoms with van der Waals surface area (Å²) in [6.45, 7) is 1.81. The molecule has 0 spiro atoms. The number of hydrogen-bond donors (Lipinski definition) is 2. The first-order chi connectivity index (χ1) is 13.8. The Hall–Kier alpha value is -3.26. The number of rotatable bonds is 5. The lowest BCUT2D eigenvalue weighted by atomic mass is 10.1. The summed E-state index contributed by atoms with van der Waals surface area (Å²) in [5, 5.41) is 5.48. The van der Waals surface area contributed by atoms with Gasteiger partial charge in [0.1, 0.15) is 5.82 Å².